The average molecular weight is 381 g/mol. The first-order chi connectivity index (χ1) is 12.1. The van der Waals surface area contributed by atoms with Crippen LogP contribution in [0.15, 0.2) is 29.2 Å². The zero-order chi connectivity index (χ0) is 19.2. The summed E-state index contributed by atoms with van der Waals surface area (Å²) in [4.78, 5) is 0.261. The van der Waals surface area contributed by atoms with Crippen molar-refractivity contribution in [2.45, 2.75) is 56.6 Å². The molecule has 2 heterocycles. The van der Waals surface area contributed by atoms with Gasteiger partial charge >= 0.3 is 7.12 Å². The first-order valence-electron chi connectivity index (χ1n) is 9.13. The monoisotopic (exact) mass is 381 g/mol. The molecule has 1 aromatic rings. The molecule has 0 aromatic heterocycles. The predicted octanol–water partition coefficient (Wildman–Crippen LogP) is 1.38. The molecule has 26 heavy (non-hydrogen) atoms. The molecule has 0 aliphatic carbocycles. The third kappa shape index (κ3) is 3.58. The molecule has 1 atom stereocenters. The van der Waals surface area contributed by atoms with Gasteiger partial charge in [-0.2, -0.15) is 4.31 Å². The Bertz CT molecular complexity index is 731. The van der Waals surface area contributed by atoms with Crippen LogP contribution >= 0.6 is 0 Å². The van der Waals surface area contributed by atoms with Crippen molar-refractivity contribution in [3.05, 3.63) is 24.3 Å². The maximum Gasteiger partial charge on any atom is 0.494 e. The van der Waals surface area contributed by atoms with Gasteiger partial charge in [0.2, 0.25) is 10.0 Å². The Kier molecular flexibility index (Phi) is 5.27. The molecule has 0 saturated carbocycles. The lowest BCUT2D eigenvalue weighted by molar-refractivity contribution is 0.00578. The predicted molar refractivity (Wildman–Crippen MR) is 101 cm³/mol. The van der Waals surface area contributed by atoms with Gasteiger partial charge in [0.05, 0.1) is 16.1 Å². The second-order valence-corrected chi connectivity index (χ2v) is 10.1. The summed E-state index contributed by atoms with van der Waals surface area (Å²) < 4.78 is 39.2. The highest BCUT2D eigenvalue weighted by atomic mass is 32.2. The third-order valence-corrected chi connectivity index (χ3v) is 7.66. The Balaban J connectivity index is 1.77. The number of hydrogen-bond acceptors (Lipinski definition) is 5. The molecular weight excluding hydrogens is 353 g/mol. The number of rotatable bonds is 4. The van der Waals surface area contributed by atoms with Crippen LogP contribution in [0.5, 0.6) is 0 Å². The SMILES string of the molecule is CC1(C)OB(c2ccc(S(=O)(=O)N3CCCC(CO)C3)cc2)OC1(C)C. The Labute approximate surface area is 156 Å². The molecule has 1 unspecified atom stereocenters. The topological polar surface area (TPSA) is 76.1 Å². The smallest absolute Gasteiger partial charge is 0.399 e. The molecule has 0 amide bonds. The van der Waals surface area contributed by atoms with Gasteiger partial charge in [0, 0.05) is 19.7 Å². The normalized spacial score (nSPS) is 26.2. The van der Waals surface area contributed by atoms with Crippen molar-refractivity contribution < 1.29 is 22.8 Å². The maximum atomic E-state index is 12.9. The fourth-order valence-electron chi connectivity index (χ4n) is 3.32. The summed E-state index contributed by atoms with van der Waals surface area (Å²) in [6, 6.07) is 6.72. The van der Waals surface area contributed by atoms with E-state index in [1.54, 1.807) is 24.3 Å². The van der Waals surface area contributed by atoms with Crippen LogP contribution in [0.25, 0.3) is 0 Å². The summed E-state index contributed by atoms with van der Waals surface area (Å²) in [5.74, 6) is 0.0162. The number of aliphatic hydroxyl groups excluding tert-OH is 1. The van der Waals surface area contributed by atoms with Crippen molar-refractivity contribution in [3.63, 3.8) is 0 Å². The van der Waals surface area contributed by atoms with E-state index in [1.807, 2.05) is 27.7 Å². The first kappa shape index (κ1) is 19.8. The summed E-state index contributed by atoms with van der Waals surface area (Å²) in [6.07, 6.45) is 1.64. The fraction of sp³-hybridized carbons (Fsp3) is 0.667. The zero-order valence-electron chi connectivity index (χ0n) is 15.9. The molecule has 1 aromatic carbocycles. The molecule has 0 spiro atoms. The number of benzene rings is 1. The molecular formula is C18H28BNO5S. The van der Waals surface area contributed by atoms with Gasteiger partial charge in [-0.3, -0.25) is 0 Å². The van der Waals surface area contributed by atoms with E-state index < -0.39 is 28.3 Å². The van der Waals surface area contributed by atoms with Gasteiger partial charge in [0.15, 0.2) is 0 Å². The summed E-state index contributed by atoms with van der Waals surface area (Å²) in [5, 5.41) is 9.34. The van der Waals surface area contributed by atoms with Crippen LogP contribution in [0.1, 0.15) is 40.5 Å². The van der Waals surface area contributed by atoms with E-state index in [9.17, 15) is 13.5 Å². The highest BCUT2D eigenvalue weighted by molar-refractivity contribution is 7.89. The molecule has 2 aliphatic heterocycles. The van der Waals surface area contributed by atoms with E-state index in [4.69, 9.17) is 9.31 Å². The van der Waals surface area contributed by atoms with Gasteiger partial charge in [-0.25, -0.2) is 8.42 Å². The standard InChI is InChI=1S/C18H28BNO5S/c1-17(2)18(3,4)25-19(24-17)15-7-9-16(10-8-15)26(22,23)20-11-5-6-14(12-20)13-21/h7-10,14,21H,5-6,11-13H2,1-4H3. The molecule has 1 N–H and O–H groups in total. The van der Waals surface area contributed by atoms with Crippen molar-refractivity contribution in [1.82, 2.24) is 4.31 Å². The maximum absolute atomic E-state index is 12.9. The highest BCUT2D eigenvalue weighted by Gasteiger charge is 2.51. The molecule has 6 nitrogen and oxygen atoms in total. The average Bonchev–Trinajstić information content (AvgIpc) is 2.83. The van der Waals surface area contributed by atoms with E-state index in [-0.39, 0.29) is 17.4 Å². The van der Waals surface area contributed by atoms with E-state index >= 15 is 0 Å². The van der Waals surface area contributed by atoms with Crippen molar-refractivity contribution in [1.29, 1.82) is 0 Å². The number of sulfonamides is 1. The minimum absolute atomic E-state index is 0.0162. The van der Waals surface area contributed by atoms with Crippen LogP contribution in [0.4, 0.5) is 0 Å². The lowest BCUT2D eigenvalue weighted by Gasteiger charge is -2.32. The van der Waals surface area contributed by atoms with Gasteiger partial charge in [-0.15, -0.1) is 0 Å². The molecule has 0 bridgehead atoms. The Morgan fingerprint density at radius 3 is 2.27 bits per heavy atom. The largest absolute Gasteiger partial charge is 0.494 e. The summed E-state index contributed by atoms with van der Waals surface area (Å²) in [5.41, 5.74) is -0.0696. The second kappa shape index (κ2) is 6.91. The van der Waals surface area contributed by atoms with Crippen molar-refractivity contribution in [3.8, 4) is 0 Å². The van der Waals surface area contributed by atoms with Gasteiger partial charge in [0.1, 0.15) is 0 Å². The van der Waals surface area contributed by atoms with Crippen LogP contribution in [0.2, 0.25) is 0 Å². The van der Waals surface area contributed by atoms with Gasteiger partial charge in [-0.05, 0) is 64.1 Å². The van der Waals surface area contributed by atoms with E-state index in [1.165, 1.54) is 4.31 Å². The molecule has 2 aliphatic rings. The number of hydrogen-bond donors (Lipinski definition) is 1. The Morgan fingerprint density at radius 1 is 1.15 bits per heavy atom. The summed E-state index contributed by atoms with van der Waals surface area (Å²) >= 11 is 0. The van der Waals surface area contributed by atoms with Crippen molar-refractivity contribution in [2.24, 2.45) is 5.92 Å². The second-order valence-electron chi connectivity index (χ2n) is 8.21. The Morgan fingerprint density at radius 2 is 1.73 bits per heavy atom. The third-order valence-electron chi connectivity index (χ3n) is 5.78. The van der Waals surface area contributed by atoms with Crippen LogP contribution in [-0.4, -0.2) is 55.8 Å². The van der Waals surface area contributed by atoms with E-state index in [0.717, 1.165) is 18.3 Å². The van der Waals surface area contributed by atoms with Crippen molar-refractivity contribution in [2.75, 3.05) is 19.7 Å². The zero-order valence-corrected chi connectivity index (χ0v) is 16.8. The number of aliphatic hydroxyl groups is 1. The minimum atomic E-state index is -3.55. The molecule has 144 valence electrons. The van der Waals surface area contributed by atoms with Gasteiger partial charge in [-0.1, -0.05) is 12.1 Å². The Hall–Kier alpha value is -0.925. The van der Waals surface area contributed by atoms with E-state index in [0.29, 0.717) is 13.1 Å². The molecule has 0 radical (unpaired) electrons. The summed E-state index contributed by atoms with van der Waals surface area (Å²) in [7, 11) is -4.06. The molecule has 2 fully saturated rings. The van der Waals surface area contributed by atoms with E-state index in [2.05, 4.69) is 0 Å². The minimum Gasteiger partial charge on any atom is -0.399 e. The summed E-state index contributed by atoms with van der Waals surface area (Å²) in [6.45, 7) is 8.83. The number of piperidine rings is 1. The quantitative estimate of drug-likeness (QED) is 0.798. The number of nitrogens with zero attached hydrogens (tertiary/aromatic N) is 1. The first-order valence-corrected chi connectivity index (χ1v) is 10.6. The molecule has 8 heteroatoms. The van der Waals surface area contributed by atoms with Crippen LogP contribution in [0.3, 0.4) is 0 Å². The molecule has 2 saturated heterocycles. The van der Waals surface area contributed by atoms with Crippen molar-refractivity contribution >= 4 is 22.6 Å². The highest BCUT2D eigenvalue weighted by Crippen LogP contribution is 2.36. The molecule has 3 rings (SSSR count). The van der Waals surface area contributed by atoms with Gasteiger partial charge in [0.25, 0.3) is 0 Å². The fourth-order valence-corrected chi connectivity index (χ4v) is 4.87. The lowest BCUT2D eigenvalue weighted by Crippen LogP contribution is -2.41. The lowest BCUT2D eigenvalue weighted by atomic mass is 9.79. The van der Waals surface area contributed by atoms with Crippen LogP contribution in [-0.2, 0) is 19.3 Å². The van der Waals surface area contributed by atoms with Crippen LogP contribution in [0, 0.1) is 5.92 Å². The van der Waals surface area contributed by atoms with Gasteiger partial charge < -0.3 is 14.4 Å². The van der Waals surface area contributed by atoms with Crippen LogP contribution < -0.4 is 5.46 Å².